The van der Waals surface area contributed by atoms with Crippen LogP contribution in [-0.2, 0) is 28.8 Å². The van der Waals surface area contributed by atoms with Crippen molar-refractivity contribution in [2.45, 2.75) is 57.3 Å². The molecule has 14 heteroatoms. The summed E-state index contributed by atoms with van der Waals surface area (Å²) in [5.41, 5.74) is 15.8. The third kappa shape index (κ3) is 10.6. The van der Waals surface area contributed by atoms with E-state index in [0.29, 0.717) is 0 Å². The summed E-state index contributed by atoms with van der Waals surface area (Å²) in [4.78, 5) is 70.5. The molecule has 0 bridgehead atoms. The molecule has 5 amide bonds. The Morgan fingerprint density at radius 3 is 1.81 bits per heavy atom. The quantitative estimate of drug-likeness (QED) is 0.121. The Hall–Kier alpha value is -2.87. The van der Waals surface area contributed by atoms with Crippen molar-refractivity contribution in [2.24, 2.45) is 23.1 Å². The van der Waals surface area contributed by atoms with E-state index in [0.717, 1.165) is 0 Å². The van der Waals surface area contributed by atoms with Crippen molar-refractivity contribution in [1.29, 1.82) is 0 Å². The molecule has 176 valence electrons. The zero-order valence-electron chi connectivity index (χ0n) is 17.3. The summed E-state index contributed by atoms with van der Waals surface area (Å²) in [6.45, 7) is 3.13. The highest BCUT2D eigenvalue weighted by atomic mass is 32.1. The number of nitrogens with one attached hydrogen (secondary N) is 3. The van der Waals surface area contributed by atoms with Gasteiger partial charge < -0.3 is 38.3 Å². The fraction of sp³-hybridized carbons (Fsp3) is 0.647. The van der Waals surface area contributed by atoms with Gasteiger partial charge in [-0.2, -0.15) is 12.6 Å². The topological polar surface area (TPSA) is 237 Å². The molecule has 0 fully saturated rings. The van der Waals surface area contributed by atoms with E-state index in [-0.39, 0.29) is 18.6 Å². The van der Waals surface area contributed by atoms with Crippen molar-refractivity contribution in [3.63, 3.8) is 0 Å². The SMILES string of the molecule is CC(C)C(NC(=O)C(CC(N)=O)NC(=O)C(CS)NC(=O)C(N)CCC(N)=O)C(=O)O. The number of carbonyl (C=O) groups excluding carboxylic acids is 5. The number of carbonyl (C=O) groups is 6. The van der Waals surface area contributed by atoms with Crippen LogP contribution < -0.4 is 33.2 Å². The summed E-state index contributed by atoms with van der Waals surface area (Å²) in [5, 5.41) is 16.0. The minimum atomic E-state index is -1.48. The lowest BCUT2D eigenvalue weighted by atomic mass is 10.0. The van der Waals surface area contributed by atoms with Crippen molar-refractivity contribution in [1.82, 2.24) is 16.0 Å². The summed E-state index contributed by atoms with van der Waals surface area (Å²) in [6, 6.07) is -5.09. The van der Waals surface area contributed by atoms with E-state index in [1.807, 2.05) is 0 Å². The van der Waals surface area contributed by atoms with E-state index in [9.17, 15) is 33.9 Å². The van der Waals surface area contributed by atoms with E-state index >= 15 is 0 Å². The molecule has 0 aliphatic heterocycles. The van der Waals surface area contributed by atoms with Crippen LogP contribution in [0.2, 0.25) is 0 Å². The third-order valence-electron chi connectivity index (χ3n) is 4.12. The Bertz CT molecular complexity index is 702. The molecule has 0 aliphatic rings. The Labute approximate surface area is 184 Å². The predicted octanol–water partition coefficient (Wildman–Crippen LogP) is -3.42. The van der Waals surface area contributed by atoms with Crippen LogP contribution in [0.3, 0.4) is 0 Å². The summed E-state index contributed by atoms with van der Waals surface area (Å²) in [6.07, 6.45) is -0.776. The minimum Gasteiger partial charge on any atom is -0.480 e. The molecule has 0 aliphatic carbocycles. The van der Waals surface area contributed by atoms with Crippen molar-refractivity contribution >= 4 is 48.1 Å². The molecule has 10 N–H and O–H groups in total. The molecule has 4 unspecified atom stereocenters. The number of hydrogen-bond donors (Lipinski definition) is 8. The summed E-state index contributed by atoms with van der Waals surface area (Å²) in [5.74, 6) is -6.08. The third-order valence-corrected chi connectivity index (χ3v) is 4.49. The number of nitrogens with two attached hydrogens (primary N) is 3. The molecule has 0 saturated heterocycles. The van der Waals surface area contributed by atoms with Crippen LogP contribution in [0.25, 0.3) is 0 Å². The second kappa shape index (κ2) is 13.4. The normalized spacial score (nSPS) is 14.6. The molecule has 0 aromatic heterocycles. The number of primary amides is 2. The van der Waals surface area contributed by atoms with E-state index in [1.54, 1.807) is 13.8 Å². The average molecular weight is 463 g/mol. The Morgan fingerprint density at radius 2 is 1.39 bits per heavy atom. The van der Waals surface area contributed by atoms with Gasteiger partial charge in [0.25, 0.3) is 0 Å². The van der Waals surface area contributed by atoms with E-state index in [2.05, 4.69) is 28.6 Å². The second-order valence-electron chi connectivity index (χ2n) is 7.16. The molecule has 4 atom stereocenters. The first-order valence-electron chi connectivity index (χ1n) is 9.37. The van der Waals surface area contributed by atoms with Gasteiger partial charge in [0.1, 0.15) is 18.1 Å². The van der Waals surface area contributed by atoms with Crippen LogP contribution >= 0.6 is 12.6 Å². The fourth-order valence-corrected chi connectivity index (χ4v) is 2.61. The maximum atomic E-state index is 12.5. The highest BCUT2D eigenvalue weighted by Crippen LogP contribution is 2.04. The zero-order valence-corrected chi connectivity index (χ0v) is 18.2. The van der Waals surface area contributed by atoms with Gasteiger partial charge in [-0.25, -0.2) is 4.79 Å². The lowest BCUT2D eigenvalue weighted by molar-refractivity contribution is -0.143. The van der Waals surface area contributed by atoms with Gasteiger partial charge in [0.05, 0.1) is 12.5 Å². The van der Waals surface area contributed by atoms with Crippen LogP contribution in [0.15, 0.2) is 0 Å². The van der Waals surface area contributed by atoms with Crippen LogP contribution in [0, 0.1) is 5.92 Å². The van der Waals surface area contributed by atoms with Gasteiger partial charge in [0.2, 0.25) is 29.5 Å². The number of carboxylic acids is 1. The molecule has 0 radical (unpaired) electrons. The summed E-state index contributed by atoms with van der Waals surface area (Å²) in [7, 11) is 0. The molecular weight excluding hydrogens is 432 g/mol. The van der Waals surface area contributed by atoms with Gasteiger partial charge >= 0.3 is 5.97 Å². The molecule has 0 aromatic carbocycles. The number of carboxylic acid groups (broad SMARTS) is 1. The first kappa shape index (κ1) is 28.1. The standard InChI is InChI=1S/C17H30N6O7S/c1-7(2)13(17(29)30)23-15(27)9(5-12(20)25)21-16(28)10(6-31)22-14(26)8(18)3-4-11(19)24/h7-10,13,31H,3-6,18H2,1-2H3,(H2,19,24)(H2,20,25)(H,21,28)(H,22,26)(H,23,27)(H,29,30). The van der Waals surface area contributed by atoms with E-state index < -0.39 is 72.0 Å². The van der Waals surface area contributed by atoms with Gasteiger partial charge in [-0.3, -0.25) is 24.0 Å². The predicted molar refractivity (Wildman–Crippen MR) is 112 cm³/mol. The summed E-state index contributed by atoms with van der Waals surface area (Å²) >= 11 is 3.98. The summed E-state index contributed by atoms with van der Waals surface area (Å²) < 4.78 is 0. The maximum Gasteiger partial charge on any atom is 0.326 e. The largest absolute Gasteiger partial charge is 0.480 e. The van der Waals surface area contributed by atoms with Gasteiger partial charge in [-0.05, 0) is 12.3 Å². The van der Waals surface area contributed by atoms with Crippen LogP contribution in [-0.4, -0.2) is 70.5 Å². The molecule has 13 nitrogen and oxygen atoms in total. The Morgan fingerprint density at radius 1 is 0.871 bits per heavy atom. The zero-order chi connectivity index (χ0) is 24.3. The molecule has 31 heavy (non-hydrogen) atoms. The van der Waals surface area contributed by atoms with Crippen molar-refractivity contribution < 1.29 is 33.9 Å². The monoisotopic (exact) mass is 462 g/mol. The van der Waals surface area contributed by atoms with Crippen molar-refractivity contribution in [3.8, 4) is 0 Å². The van der Waals surface area contributed by atoms with Crippen LogP contribution in [0.5, 0.6) is 0 Å². The lowest BCUT2D eigenvalue weighted by Crippen LogP contribution is -2.58. The second-order valence-corrected chi connectivity index (χ2v) is 7.52. The van der Waals surface area contributed by atoms with E-state index in [1.165, 1.54) is 0 Å². The first-order chi connectivity index (χ1) is 14.3. The highest BCUT2D eigenvalue weighted by Gasteiger charge is 2.31. The fourth-order valence-electron chi connectivity index (χ4n) is 2.35. The number of aliphatic carboxylic acids is 1. The van der Waals surface area contributed by atoms with Gasteiger partial charge in [-0.1, -0.05) is 13.8 Å². The maximum absolute atomic E-state index is 12.5. The molecule has 0 aromatic rings. The molecule has 0 rings (SSSR count). The lowest BCUT2D eigenvalue weighted by Gasteiger charge is -2.25. The number of hydrogen-bond acceptors (Lipinski definition) is 8. The molecular formula is C17H30N6O7S. The Balaban J connectivity index is 5.23. The smallest absolute Gasteiger partial charge is 0.326 e. The van der Waals surface area contributed by atoms with Crippen LogP contribution in [0.4, 0.5) is 0 Å². The number of amides is 5. The minimum absolute atomic E-state index is 0.0411. The number of thiol groups is 1. The van der Waals surface area contributed by atoms with Gasteiger partial charge in [0.15, 0.2) is 0 Å². The first-order valence-corrected chi connectivity index (χ1v) is 10.00. The average Bonchev–Trinajstić information content (AvgIpc) is 2.66. The van der Waals surface area contributed by atoms with Crippen LogP contribution in [0.1, 0.15) is 33.1 Å². The van der Waals surface area contributed by atoms with Gasteiger partial charge in [-0.15, -0.1) is 0 Å². The number of rotatable bonds is 14. The van der Waals surface area contributed by atoms with Crippen molar-refractivity contribution in [3.05, 3.63) is 0 Å². The van der Waals surface area contributed by atoms with Gasteiger partial charge in [0, 0.05) is 12.2 Å². The highest BCUT2D eigenvalue weighted by molar-refractivity contribution is 7.80. The van der Waals surface area contributed by atoms with E-state index in [4.69, 9.17) is 17.2 Å². The van der Waals surface area contributed by atoms with Crippen molar-refractivity contribution in [2.75, 3.05) is 5.75 Å². The molecule has 0 saturated carbocycles. The Kier molecular flexibility index (Phi) is 12.2. The molecule has 0 heterocycles. The molecule has 0 spiro atoms.